The molecule has 0 spiro atoms. The predicted octanol–water partition coefficient (Wildman–Crippen LogP) is 2.68. The lowest BCUT2D eigenvalue weighted by Crippen LogP contribution is -2.15. The highest BCUT2D eigenvalue weighted by atomic mass is 35.5. The summed E-state index contributed by atoms with van der Waals surface area (Å²) in [6, 6.07) is 0. The van der Waals surface area contributed by atoms with Crippen molar-refractivity contribution in [2.24, 2.45) is 0 Å². The monoisotopic (exact) mass is 216 g/mol. The molecule has 1 heterocycles. The number of nitrogens with zero attached hydrogens (tertiary/aromatic N) is 1. The SMILES string of the molecule is CC(=CCl)CNCc1nc(C)cs1. The fraction of sp³-hybridized carbons (Fsp3) is 0.444. The lowest BCUT2D eigenvalue weighted by atomic mass is 10.3. The highest BCUT2D eigenvalue weighted by Crippen LogP contribution is 2.07. The third-order valence-electron chi connectivity index (χ3n) is 1.53. The third-order valence-corrected chi connectivity index (χ3v) is 2.87. The van der Waals surface area contributed by atoms with Gasteiger partial charge in [0.05, 0.1) is 0 Å². The fourth-order valence-electron chi connectivity index (χ4n) is 0.889. The molecule has 0 bridgehead atoms. The number of hydrogen-bond donors (Lipinski definition) is 1. The Bertz CT molecular complexity index is 294. The largest absolute Gasteiger partial charge is 0.307 e. The van der Waals surface area contributed by atoms with Gasteiger partial charge in [0, 0.05) is 29.7 Å². The van der Waals surface area contributed by atoms with Crippen LogP contribution in [0.25, 0.3) is 0 Å². The smallest absolute Gasteiger partial charge is 0.107 e. The first-order valence-electron chi connectivity index (χ1n) is 4.10. The van der Waals surface area contributed by atoms with Crippen LogP contribution in [0.5, 0.6) is 0 Å². The van der Waals surface area contributed by atoms with Crippen LogP contribution >= 0.6 is 22.9 Å². The number of nitrogens with one attached hydrogen (secondary N) is 1. The summed E-state index contributed by atoms with van der Waals surface area (Å²) in [5, 5.41) is 6.44. The molecule has 72 valence electrons. The summed E-state index contributed by atoms with van der Waals surface area (Å²) in [5.41, 5.74) is 3.82. The van der Waals surface area contributed by atoms with Crippen molar-refractivity contribution in [1.29, 1.82) is 0 Å². The molecule has 0 aliphatic rings. The molecular weight excluding hydrogens is 204 g/mol. The van der Waals surface area contributed by atoms with E-state index in [4.69, 9.17) is 11.6 Å². The average molecular weight is 217 g/mol. The summed E-state index contributed by atoms with van der Waals surface area (Å²) < 4.78 is 0. The van der Waals surface area contributed by atoms with E-state index in [1.54, 1.807) is 16.9 Å². The van der Waals surface area contributed by atoms with E-state index in [1.807, 2.05) is 13.8 Å². The van der Waals surface area contributed by atoms with Gasteiger partial charge in [-0.05, 0) is 19.4 Å². The van der Waals surface area contributed by atoms with Crippen molar-refractivity contribution in [1.82, 2.24) is 10.3 Å². The summed E-state index contributed by atoms with van der Waals surface area (Å²) in [6.45, 7) is 5.64. The van der Waals surface area contributed by atoms with E-state index in [2.05, 4.69) is 15.7 Å². The van der Waals surface area contributed by atoms with Gasteiger partial charge in [0.1, 0.15) is 5.01 Å². The first-order chi connectivity index (χ1) is 6.22. The van der Waals surface area contributed by atoms with Gasteiger partial charge in [0.2, 0.25) is 0 Å². The Balaban J connectivity index is 2.28. The maximum absolute atomic E-state index is 5.52. The number of aromatic nitrogens is 1. The molecule has 0 radical (unpaired) electrons. The molecular formula is C9H13ClN2S. The van der Waals surface area contributed by atoms with Gasteiger partial charge >= 0.3 is 0 Å². The molecule has 2 nitrogen and oxygen atoms in total. The zero-order valence-electron chi connectivity index (χ0n) is 7.80. The van der Waals surface area contributed by atoms with Crippen LogP contribution in [0, 0.1) is 6.92 Å². The van der Waals surface area contributed by atoms with Crippen molar-refractivity contribution >= 4 is 22.9 Å². The van der Waals surface area contributed by atoms with Crippen LogP contribution in [-0.2, 0) is 6.54 Å². The van der Waals surface area contributed by atoms with Gasteiger partial charge in [-0.2, -0.15) is 0 Å². The Kier molecular flexibility index (Phi) is 4.42. The number of thiazole rings is 1. The van der Waals surface area contributed by atoms with Crippen LogP contribution in [0.2, 0.25) is 0 Å². The summed E-state index contributed by atoms with van der Waals surface area (Å²) >= 11 is 7.21. The maximum atomic E-state index is 5.52. The Morgan fingerprint density at radius 3 is 3.08 bits per heavy atom. The zero-order chi connectivity index (χ0) is 9.68. The second kappa shape index (κ2) is 5.37. The first kappa shape index (κ1) is 10.7. The van der Waals surface area contributed by atoms with Crippen LogP contribution in [-0.4, -0.2) is 11.5 Å². The third kappa shape index (κ3) is 3.89. The lowest BCUT2D eigenvalue weighted by Gasteiger charge is -2.00. The van der Waals surface area contributed by atoms with Crippen molar-refractivity contribution in [3.05, 3.63) is 27.2 Å². The van der Waals surface area contributed by atoms with Gasteiger partial charge in [-0.3, -0.25) is 0 Å². The van der Waals surface area contributed by atoms with E-state index in [9.17, 15) is 0 Å². The number of hydrogen-bond acceptors (Lipinski definition) is 3. The van der Waals surface area contributed by atoms with Crippen LogP contribution < -0.4 is 5.32 Å². The molecule has 0 aliphatic heterocycles. The molecule has 13 heavy (non-hydrogen) atoms. The summed E-state index contributed by atoms with van der Waals surface area (Å²) in [7, 11) is 0. The molecule has 0 saturated carbocycles. The van der Waals surface area contributed by atoms with Gasteiger partial charge in [-0.15, -0.1) is 11.3 Å². The Hall–Kier alpha value is -0.380. The molecule has 4 heteroatoms. The number of halogens is 1. The van der Waals surface area contributed by atoms with Gasteiger partial charge in [-0.1, -0.05) is 11.6 Å². The van der Waals surface area contributed by atoms with Gasteiger partial charge in [-0.25, -0.2) is 4.98 Å². The number of rotatable bonds is 4. The molecule has 0 saturated heterocycles. The van der Waals surface area contributed by atoms with Crippen molar-refractivity contribution in [3.8, 4) is 0 Å². The molecule has 0 amide bonds. The van der Waals surface area contributed by atoms with E-state index in [0.29, 0.717) is 0 Å². The van der Waals surface area contributed by atoms with Gasteiger partial charge < -0.3 is 5.32 Å². The minimum absolute atomic E-state index is 0.820. The Labute approximate surface area is 87.6 Å². The molecule has 1 aromatic heterocycles. The topological polar surface area (TPSA) is 24.9 Å². The minimum Gasteiger partial charge on any atom is -0.307 e. The molecule has 0 unspecified atom stereocenters. The highest BCUT2D eigenvalue weighted by molar-refractivity contribution is 7.09. The Morgan fingerprint density at radius 2 is 2.54 bits per heavy atom. The molecule has 1 aromatic rings. The highest BCUT2D eigenvalue weighted by Gasteiger charge is 1.97. The van der Waals surface area contributed by atoms with Crippen molar-refractivity contribution in [3.63, 3.8) is 0 Å². The molecule has 1 rings (SSSR count). The van der Waals surface area contributed by atoms with Gasteiger partial charge in [0.15, 0.2) is 0 Å². The molecule has 0 aromatic carbocycles. The maximum Gasteiger partial charge on any atom is 0.107 e. The first-order valence-corrected chi connectivity index (χ1v) is 5.41. The zero-order valence-corrected chi connectivity index (χ0v) is 9.37. The minimum atomic E-state index is 0.820. The van der Waals surface area contributed by atoms with Crippen LogP contribution in [0.1, 0.15) is 17.6 Å². The van der Waals surface area contributed by atoms with Crippen molar-refractivity contribution in [2.75, 3.05) is 6.54 Å². The second-order valence-corrected chi connectivity index (χ2v) is 4.10. The van der Waals surface area contributed by atoms with E-state index in [-0.39, 0.29) is 0 Å². The summed E-state index contributed by atoms with van der Waals surface area (Å²) in [4.78, 5) is 4.34. The van der Waals surface area contributed by atoms with Crippen LogP contribution in [0.4, 0.5) is 0 Å². The Morgan fingerprint density at radius 1 is 1.77 bits per heavy atom. The second-order valence-electron chi connectivity index (χ2n) is 2.94. The predicted molar refractivity (Wildman–Crippen MR) is 58.2 cm³/mol. The molecule has 0 atom stereocenters. The van der Waals surface area contributed by atoms with Crippen molar-refractivity contribution in [2.45, 2.75) is 20.4 Å². The standard InChI is InChI=1S/C9H13ClN2S/c1-7(3-10)4-11-5-9-12-8(2)6-13-9/h3,6,11H,4-5H2,1-2H3. The molecule has 0 aliphatic carbocycles. The van der Waals surface area contributed by atoms with Crippen LogP contribution in [0.3, 0.4) is 0 Å². The molecule has 0 fully saturated rings. The average Bonchev–Trinajstić information content (AvgIpc) is 2.51. The van der Waals surface area contributed by atoms with E-state index < -0.39 is 0 Å². The fourth-order valence-corrected chi connectivity index (χ4v) is 1.71. The lowest BCUT2D eigenvalue weighted by molar-refractivity contribution is 0.734. The van der Waals surface area contributed by atoms with E-state index >= 15 is 0 Å². The van der Waals surface area contributed by atoms with Crippen molar-refractivity contribution < 1.29 is 0 Å². The summed E-state index contributed by atoms with van der Waals surface area (Å²) in [5.74, 6) is 0. The molecule has 1 N–H and O–H groups in total. The van der Waals surface area contributed by atoms with Gasteiger partial charge in [0.25, 0.3) is 0 Å². The quantitative estimate of drug-likeness (QED) is 0.837. The van der Waals surface area contributed by atoms with E-state index in [1.165, 1.54) is 0 Å². The normalized spacial score (nSPS) is 12.1. The summed E-state index contributed by atoms with van der Waals surface area (Å²) in [6.07, 6.45) is 0. The van der Waals surface area contributed by atoms with E-state index in [0.717, 1.165) is 29.4 Å². The van der Waals surface area contributed by atoms with Crippen LogP contribution in [0.15, 0.2) is 16.5 Å². The number of aryl methyl sites for hydroxylation is 1.